The molecule has 0 N–H and O–H groups in total. The zero-order chi connectivity index (χ0) is 16.1. The number of benzene rings is 1. The van der Waals surface area contributed by atoms with E-state index in [1.54, 1.807) is 30.4 Å². The van der Waals surface area contributed by atoms with Gasteiger partial charge in [0.1, 0.15) is 11.9 Å². The van der Waals surface area contributed by atoms with Crippen LogP contribution in [0, 0.1) is 0 Å². The van der Waals surface area contributed by atoms with Gasteiger partial charge in [0.2, 0.25) is 5.88 Å². The Labute approximate surface area is 135 Å². The lowest BCUT2D eigenvalue weighted by Gasteiger charge is -2.21. The van der Waals surface area contributed by atoms with Crippen LogP contribution in [0.4, 0.5) is 0 Å². The molecule has 1 amide bonds. The molecule has 1 fully saturated rings. The van der Waals surface area contributed by atoms with Crippen LogP contribution in [0.2, 0.25) is 0 Å². The summed E-state index contributed by atoms with van der Waals surface area (Å²) in [6.45, 7) is 2.97. The van der Waals surface area contributed by atoms with E-state index in [0.717, 1.165) is 6.42 Å². The van der Waals surface area contributed by atoms with Crippen molar-refractivity contribution >= 4 is 5.91 Å². The van der Waals surface area contributed by atoms with Gasteiger partial charge < -0.3 is 14.4 Å². The molecular formula is C17H19N3O3. The maximum atomic E-state index is 12.5. The van der Waals surface area contributed by atoms with E-state index in [-0.39, 0.29) is 12.0 Å². The van der Waals surface area contributed by atoms with E-state index in [0.29, 0.717) is 24.7 Å². The first kappa shape index (κ1) is 15.3. The third-order valence-electron chi connectivity index (χ3n) is 3.69. The van der Waals surface area contributed by atoms with Gasteiger partial charge in [-0.3, -0.25) is 9.78 Å². The summed E-state index contributed by atoms with van der Waals surface area (Å²) in [5.74, 6) is 1.15. The largest absolute Gasteiger partial charge is 0.481 e. The first-order chi connectivity index (χ1) is 11.2. The molecule has 1 aliphatic heterocycles. The smallest absolute Gasteiger partial charge is 0.263 e. The number of para-hydroxylation sites is 1. The summed E-state index contributed by atoms with van der Waals surface area (Å²) in [4.78, 5) is 22.3. The molecule has 1 saturated heterocycles. The predicted molar refractivity (Wildman–Crippen MR) is 84.2 cm³/mol. The van der Waals surface area contributed by atoms with Gasteiger partial charge in [-0.25, -0.2) is 4.98 Å². The van der Waals surface area contributed by atoms with E-state index < -0.39 is 6.10 Å². The van der Waals surface area contributed by atoms with Crippen molar-refractivity contribution in [2.45, 2.75) is 25.6 Å². The maximum Gasteiger partial charge on any atom is 0.263 e. The number of ether oxygens (including phenoxy) is 2. The molecule has 0 saturated carbocycles. The second kappa shape index (κ2) is 7.09. The normalized spacial score (nSPS) is 18.5. The highest BCUT2D eigenvalue weighted by Crippen LogP contribution is 2.18. The summed E-state index contributed by atoms with van der Waals surface area (Å²) in [5, 5.41) is 0. The van der Waals surface area contributed by atoms with Crippen LogP contribution in [-0.4, -0.2) is 46.1 Å². The topological polar surface area (TPSA) is 64.5 Å². The summed E-state index contributed by atoms with van der Waals surface area (Å²) in [7, 11) is 0. The van der Waals surface area contributed by atoms with Gasteiger partial charge in [0.15, 0.2) is 6.10 Å². The minimum atomic E-state index is -0.521. The fraction of sp³-hybridized carbons (Fsp3) is 0.353. The van der Waals surface area contributed by atoms with Gasteiger partial charge in [-0.1, -0.05) is 18.2 Å². The predicted octanol–water partition coefficient (Wildman–Crippen LogP) is 1.92. The number of hydrogen-bond donors (Lipinski definition) is 0. The SMILES string of the molecule is CC(Oc1ccccc1)C(=O)N1CCC(Oc2cnccn2)C1. The lowest BCUT2D eigenvalue weighted by atomic mass is 10.3. The molecule has 1 aromatic carbocycles. The van der Waals surface area contributed by atoms with Gasteiger partial charge >= 0.3 is 0 Å². The van der Waals surface area contributed by atoms with Crippen LogP contribution in [0.15, 0.2) is 48.9 Å². The summed E-state index contributed by atoms with van der Waals surface area (Å²) in [6.07, 6.45) is 4.96. The molecule has 2 heterocycles. The zero-order valence-corrected chi connectivity index (χ0v) is 13.0. The summed E-state index contributed by atoms with van der Waals surface area (Å²) >= 11 is 0. The fourth-order valence-corrected chi connectivity index (χ4v) is 2.55. The van der Waals surface area contributed by atoms with Gasteiger partial charge in [0, 0.05) is 25.4 Å². The van der Waals surface area contributed by atoms with E-state index in [4.69, 9.17) is 9.47 Å². The van der Waals surface area contributed by atoms with Crippen molar-refractivity contribution in [1.82, 2.24) is 14.9 Å². The number of amides is 1. The maximum absolute atomic E-state index is 12.5. The summed E-state index contributed by atoms with van der Waals surface area (Å²) in [5.41, 5.74) is 0. The first-order valence-corrected chi connectivity index (χ1v) is 7.65. The molecule has 120 valence electrons. The first-order valence-electron chi connectivity index (χ1n) is 7.65. The molecule has 0 bridgehead atoms. The lowest BCUT2D eigenvalue weighted by Crippen LogP contribution is -2.40. The standard InChI is InChI=1S/C17H19N3O3/c1-13(22-14-5-3-2-4-6-14)17(21)20-10-7-15(12-20)23-16-11-18-8-9-19-16/h2-6,8-9,11,13,15H,7,10,12H2,1H3. The number of nitrogens with zero attached hydrogens (tertiary/aromatic N) is 3. The molecule has 3 rings (SSSR count). The third-order valence-corrected chi connectivity index (χ3v) is 3.69. The number of aromatic nitrogens is 2. The molecule has 1 aromatic heterocycles. The van der Waals surface area contributed by atoms with Crippen molar-refractivity contribution < 1.29 is 14.3 Å². The second-order valence-electron chi connectivity index (χ2n) is 5.43. The molecule has 23 heavy (non-hydrogen) atoms. The van der Waals surface area contributed by atoms with Crippen LogP contribution < -0.4 is 9.47 Å². The molecule has 6 nitrogen and oxygen atoms in total. The third kappa shape index (κ3) is 3.97. The minimum Gasteiger partial charge on any atom is -0.481 e. The Morgan fingerprint density at radius 3 is 2.87 bits per heavy atom. The van der Waals surface area contributed by atoms with Gasteiger partial charge in [-0.15, -0.1) is 0 Å². The average molecular weight is 313 g/mol. The number of carbonyl (C=O) groups excluding carboxylic acids is 1. The van der Waals surface area contributed by atoms with Crippen LogP contribution in [0.1, 0.15) is 13.3 Å². The van der Waals surface area contributed by atoms with Crippen molar-refractivity contribution in [3.05, 3.63) is 48.9 Å². The van der Waals surface area contributed by atoms with Crippen molar-refractivity contribution in [2.75, 3.05) is 13.1 Å². The average Bonchev–Trinajstić information content (AvgIpc) is 3.04. The Morgan fingerprint density at radius 1 is 1.30 bits per heavy atom. The highest BCUT2D eigenvalue weighted by Gasteiger charge is 2.31. The van der Waals surface area contributed by atoms with E-state index in [2.05, 4.69) is 9.97 Å². The van der Waals surface area contributed by atoms with Crippen molar-refractivity contribution in [1.29, 1.82) is 0 Å². The molecule has 0 radical (unpaired) electrons. The molecule has 2 unspecified atom stereocenters. The molecule has 0 aliphatic carbocycles. The van der Waals surface area contributed by atoms with Crippen LogP contribution in [0.5, 0.6) is 11.6 Å². The number of likely N-dealkylation sites (tertiary alicyclic amines) is 1. The van der Waals surface area contributed by atoms with Gasteiger partial charge in [0.05, 0.1) is 12.7 Å². The molecule has 1 aliphatic rings. The van der Waals surface area contributed by atoms with Crippen LogP contribution in [0.3, 0.4) is 0 Å². The van der Waals surface area contributed by atoms with E-state index in [1.165, 1.54) is 0 Å². The minimum absolute atomic E-state index is 0.0286. The lowest BCUT2D eigenvalue weighted by molar-refractivity contribution is -0.137. The molecular weight excluding hydrogens is 294 g/mol. The number of carbonyl (C=O) groups is 1. The van der Waals surface area contributed by atoms with Gasteiger partial charge in [-0.2, -0.15) is 0 Å². The number of rotatable bonds is 5. The van der Waals surface area contributed by atoms with E-state index in [9.17, 15) is 4.79 Å². The summed E-state index contributed by atoms with van der Waals surface area (Å²) in [6, 6.07) is 9.36. The van der Waals surface area contributed by atoms with Crippen LogP contribution in [-0.2, 0) is 4.79 Å². The number of hydrogen-bond acceptors (Lipinski definition) is 5. The van der Waals surface area contributed by atoms with Crippen molar-refractivity contribution in [3.8, 4) is 11.6 Å². The van der Waals surface area contributed by atoms with Crippen molar-refractivity contribution in [2.24, 2.45) is 0 Å². The van der Waals surface area contributed by atoms with E-state index in [1.807, 2.05) is 30.3 Å². The summed E-state index contributed by atoms with van der Waals surface area (Å²) < 4.78 is 11.4. The quantitative estimate of drug-likeness (QED) is 0.844. The van der Waals surface area contributed by atoms with Gasteiger partial charge in [0.25, 0.3) is 5.91 Å². The van der Waals surface area contributed by atoms with Crippen LogP contribution in [0.25, 0.3) is 0 Å². The Bertz CT molecular complexity index is 636. The monoisotopic (exact) mass is 313 g/mol. The molecule has 0 spiro atoms. The Balaban J connectivity index is 1.52. The van der Waals surface area contributed by atoms with Crippen molar-refractivity contribution in [3.63, 3.8) is 0 Å². The van der Waals surface area contributed by atoms with Gasteiger partial charge in [-0.05, 0) is 19.1 Å². The Hall–Kier alpha value is -2.63. The molecule has 6 heteroatoms. The van der Waals surface area contributed by atoms with E-state index >= 15 is 0 Å². The molecule has 2 aromatic rings. The highest BCUT2D eigenvalue weighted by molar-refractivity contribution is 5.81. The Morgan fingerprint density at radius 2 is 2.13 bits per heavy atom. The second-order valence-corrected chi connectivity index (χ2v) is 5.43. The van der Waals surface area contributed by atoms with Crippen LogP contribution >= 0.6 is 0 Å². The fourth-order valence-electron chi connectivity index (χ4n) is 2.55. The molecule has 2 atom stereocenters. The Kier molecular flexibility index (Phi) is 4.71. The zero-order valence-electron chi connectivity index (χ0n) is 13.0. The highest BCUT2D eigenvalue weighted by atomic mass is 16.5.